The molecule has 0 bridgehead atoms. The van der Waals surface area contributed by atoms with Gasteiger partial charge in [0.1, 0.15) is 0 Å². The Balaban J connectivity index is 0. The quantitative estimate of drug-likeness (QED) is 0.341. The van der Waals surface area contributed by atoms with Gasteiger partial charge < -0.3 is 10.3 Å². The first kappa shape index (κ1) is 12.3. The molecule has 0 aliphatic carbocycles. The van der Waals surface area contributed by atoms with Crippen LogP contribution in [0.4, 0.5) is 0 Å². The van der Waals surface area contributed by atoms with Crippen LogP contribution in [0.5, 0.6) is 0 Å². The minimum atomic E-state index is 0. The Morgan fingerprint density at radius 1 is 1.62 bits per heavy atom. The maximum Gasteiger partial charge on any atom is 1.00 e. The van der Waals surface area contributed by atoms with Crippen molar-refractivity contribution in [1.29, 1.82) is 0 Å². The number of thioether (sulfide) groups is 1. The summed E-state index contributed by atoms with van der Waals surface area (Å²) in [5.41, 5.74) is 0. The number of aliphatic imine (C=N–C) groups is 1. The molecule has 42 valence electrons. The Bertz CT molecular complexity index is 68.4. The van der Waals surface area contributed by atoms with Crippen molar-refractivity contribution in [1.82, 2.24) is 0 Å². The van der Waals surface area contributed by atoms with Gasteiger partial charge in [-0.25, -0.2) is 0 Å². The summed E-state index contributed by atoms with van der Waals surface area (Å²) in [6, 6.07) is 0. The van der Waals surface area contributed by atoms with Crippen molar-refractivity contribution in [3.8, 4) is 0 Å². The number of rotatable bonds is 0. The van der Waals surface area contributed by atoms with Crippen molar-refractivity contribution < 1.29 is 58.2 Å². The van der Waals surface area contributed by atoms with Crippen molar-refractivity contribution in [3.63, 3.8) is 0 Å². The van der Waals surface area contributed by atoms with Crippen LogP contribution in [0.3, 0.4) is 0 Å². The van der Waals surface area contributed by atoms with Gasteiger partial charge >= 0.3 is 58.2 Å². The first-order valence-corrected chi connectivity index (χ1v) is 3.18. The van der Waals surface area contributed by atoms with Gasteiger partial charge in [0.25, 0.3) is 0 Å². The predicted molar refractivity (Wildman–Crippen MR) is 36.2 cm³/mol. The third-order valence-corrected chi connectivity index (χ3v) is 1.30. The summed E-state index contributed by atoms with van der Waals surface area (Å²) in [6.07, 6.45) is 1.95. The zero-order valence-corrected chi connectivity index (χ0v) is 11.5. The number of amidine groups is 1. The van der Waals surface area contributed by atoms with E-state index in [1.165, 1.54) is 0 Å². The average molecular weight is 203 g/mol. The van der Waals surface area contributed by atoms with Gasteiger partial charge in [0.15, 0.2) is 0 Å². The van der Waals surface area contributed by atoms with Gasteiger partial charge in [0.2, 0.25) is 0 Å². The topological polar surface area (TPSA) is 26.5 Å². The van der Waals surface area contributed by atoms with E-state index < -0.39 is 0 Å². The second-order valence-electron chi connectivity index (χ2n) is 0.934. The smallest absolute Gasteiger partial charge is 0.464 e. The fraction of sp³-hybridized carbons (Fsp3) is 0.750. The van der Waals surface area contributed by atoms with Crippen LogP contribution in [0.15, 0.2) is 4.99 Å². The van der Waals surface area contributed by atoms with Crippen LogP contribution in [-0.4, -0.2) is 25.5 Å². The van der Waals surface area contributed by atoms with Crippen molar-refractivity contribution in [2.75, 3.05) is 20.4 Å². The number of hydrogen-bond donors (Lipinski definition) is 0. The summed E-state index contributed by atoms with van der Waals surface area (Å²) >= 11 is 1.55. The molecule has 0 saturated heterocycles. The van der Waals surface area contributed by atoms with E-state index in [0.29, 0.717) is 0 Å². The van der Waals surface area contributed by atoms with Crippen molar-refractivity contribution in [3.05, 3.63) is 5.32 Å². The summed E-state index contributed by atoms with van der Waals surface area (Å²) in [6.45, 7) is 0. The van der Waals surface area contributed by atoms with Gasteiger partial charge in [-0.05, 0) is 11.4 Å². The maximum atomic E-state index is 3.84. The summed E-state index contributed by atoms with van der Waals surface area (Å²) in [5, 5.41) is 4.69. The molecule has 0 radical (unpaired) electrons. The number of hydrogen-bond acceptors (Lipinski definition) is 2. The van der Waals surface area contributed by atoms with Gasteiger partial charge in [0.05, 0.1) is 0 Å². The van der Waals surface area contributed by atoms with Crippen molar-refractivity contribution >= 4 is 16.9 Å². The first-order valence-electron chi connectivity index (χ1n) is 1.95. The Kier molecular flexibility index (Phi) is 13.3. The minimum Gasteiger partial charge on any atom is -0.464 e. The van der Waals surface area contributed by atoms with Gasteiger partial charge in [-0.2, -0.15) is 0 Å². The fourth-order valence-corrected chi connectivity index (χ4v) is 0.648. The van der Waals surface area contributed by atoms with Crippen LogP contribution in [0.1, 0.15) is 0 Å². The summed E-state index contributed by atoms with van der Waals surface area (Å²) in [4.78, 5) is 3.84. The van der Waals surface area contributed by atoms with Crippen LogP contribution in [-0.2, 0) is 0 Å². The molecular weight excluding hydrogens is 194 g/mol. The monoisotopic (exact) mass is 202 g/mol. The van der Waals surface area contributed by atoms with E-state index in [-0.39, 0.29) is 58.2 Å². The molecule has 0 unspecified atom stereocenters. The molecule has 0 spiro atoms. The minimum absolute atomic E-state index is 0. The van der Waals surface area contributed by atoms with Crippen molar-refractivity contribution in [2.45, 2.75) is 0 Å². The van der Waals surface area contributed by atoms with Gasteiger partial charge in [-0.1, -0.05) is 14.1 Å². The standard InChI is InChI=1S/C4H9N2S.Rb/c1-5-4(6-2)7-3;/h1-3H3;/q-1;+1. The molecule has 0 aromatic carbocycles. The van der Waals surface area contributed by atoms with Crippen LogP contribution >= 0.6 is 11.8 Å². The van der Waals surface area contributed by atoms with E-state index in [9.17, 15) is 0 Å². The molecule has 0 fully saturated rings. The molecule has 0 heterocycles. The Morgan fingerprint density at radius 3 is 2.12 bits per heavy atom. The molecule has 8 heavy (non-hydrogen) atoms. The molecule has 0 atom stereocenters. The molecule has 0 N–H and O–H groups in total. The molecule has 4 heteroatoms. The molecule has 0 aliphatic rings. The molecule has 0 aliphatic heterocycles. The second-order valence-corrected chi connectivity index (χ2v) is 1.71. The van der Waals surface area contributed by atoms with Crippen LogP contribution in [0.2, 0.25) is 0 Å². The third-order valence-electron chi connectivity index (χ3n) is 0.565. The first-order chi connectivity index (χ1) is 3.35. The van der Waals surface area contributed by atoms with Gasteiger partial charge in [-0.3, -0.25) is 0 Å². The molecule has 0 rings (SSSR count). The van der Waals surface area contributed by atoms with Crippen LogP contribution < -0.4 is 58.2 Å². The summed E-state index contributed by atoms with van der Waals surface area (Å²) < 4.78 is 0. The fourth-order valence-electron chi connectivity index (χ4n) is 0.283. The maximum absolute atomic E-state index is 3.84. The zero-order chi connectivity index (χ0) is 5.70. The van der Waals surface area contributed by atoms with Crippen LogP contribution in [0, 0.1) is 0 Å². The van der Waals surface area contributed by atoms with E-state index in [1.807, 2.05) is 6.26 Å². The molecule has 0 amide bonds. The number of nitrogens with zero attached hydrogens (tertiary/aromatic N) is 2. The zero-order valence-electron chi connectivity index (χ0n) is 5.80. The van der Waals surface area contributed by atoms with E-state index in [0.717, 1.165) is 5.17 Å². The van der Waals surface area contributed by atoms with Crippen molar-refractivity contribution in [2.24, 2.45) is 4.99 Å². The second kappa shape index (κ2) is 8.63. The Hall–Kier alpha value is 1.63. The van der Waals surface area contributed by atoms with E-state index in [2.05, 4.69) is 10.3 Å². The molecular formula is C4H9N2RbS. The van der Waals surface area contributed by atoms with Gasteiger partial charge in [0, 0.05) is 0 Å². The van der Waals surface area contributed by atoms with E-state index in [4.69, 9.17) is 0 Å². The third kappa shape index (κ3) is 5.76. The molecule has 2 nitrogen and oxygen atoms in total. The summed E-state index contributed by atoms with van der Waals surface area (Å²) in [5.74, 6) is 0. The normalized spacial score (nSPS) is 10.1. The SMILES string of the molecule is CN=C([N-]C)SC.[Rb+]. The summed E-state index contributed by atoms with van der Waals surface area (Å²) in [7, 11) is 3.47. The average Bonchev–Trinajstić information content (AvgIpc) is 1.72. The van der Waals surface area contributed by atoms with Gasteiger partial charge in [-0.15, -0.1) is 11.8 Å². The Labute approximate surface area is 104 Å². The molecule has 0 saturated carbocycles. The van der Waals surface area contributed by atoms with E-state index >= 15 is 0 Å². The Morgan fingerprint density at radius 2 is 2.12 bits per heavy atom. The predicted octanol–water partition coefficient (Wildman–Crippen LogP) is -1.66. The molecule has 0 aromatic rings. The largest absolute Gasteiger partial charge is 1.00 e. The van der Waals surface area contributed by atoms with Crippen LogP contribution in [0.25, 0.3) is 5.32 Å². The van der Waals surface area contributed by atoms with E-state index in [1.54, 1.807) is 25.9 Å². The molecule has 0 aromatic heterocycles.